The zero-order valence-corrected chi connectivity index (χ0v) is 35.5. The lowest BCUT2D eigenvalue weighted by atomic mass is 9.73. The van der Waals surface area contributed by atoms with Crippen molar-refractivity contribution < 1.29 is 0 Å². The van der Waals surface area contributed by atoms with Crippen molar-refractivity contribution in [2.24, 2.45) is 0 Å². The van der Waals surface area contributed by atoms with Crippen LogP contribution in [0.3, 0.4) is 0 Å². The van der Waals surface area contributed by atoms with Crippen LogP contribution < -0.4 is 9.80 Å². The molecule has 0 unspecified atom stereocenters. The zero-order valence-electron chi connectivity index (χ0n) is 35.5. The van der Waals surface area contributed by atoms with Crippen molar-refractivity contribution in [2.75, 3.05) is 9.80 Å². The molecule has 0 spiro atoms. The van der Waals surface area contributed by atoms with E-state index < -0.39 is 0 Å². The molecule has 0 saturated carbocycles. The van der Waals surface area contributed by atoms with Crippen LogP contribution in [0, 0.1) is 0 Å². The highest BCUT2D eigenvalue weighted by molar-refractivity contribution is 6.09. The van der Waals surface area contributed by atoms with Crippen LogP contribution in [-0.4, -0.2) is 0 Å². The van der Waals surface area contributed by atoms with Crippen LogP contribution in [0.25, 0.3) is 54.6 Å². The Balaban J connectivity index is 1.11. The van der Waals surface area contributed by atoms with E-state index in [0.29, 0.717) is 0 Å². The summed E-state index contributed by atoms with van der Waals surface area (Å²) >= 11 is 0. The van der Waals surface area contributed by atoms with Crippen molar-refractivity contribution >= 4 is 66.4 Å². The smallest absolute Gasteiger partial charge is 0.0618 e. The van der Waals surface area contributed by atoms with Gasteiger partial charge in [0.1, 0.15) is 0 Å². The van der Waals surface area contributed by atoms with Gasteiger partial charge in [-0.1, -0.05) is 185 Å². The number of para-hydroxylation sites is 1. The number of rotatable bonds is 5. The summed E-state index contributed by atoms with van der Waals surface area (Å²) in [5, 5.41) is 7.37. The molecule has 0 radical (unpaired) electrons. The molecule has 296 valence electrons. The van der Waals surface area contributed by atoms with E-state index in [2.05, 4.69) is 244 Å². The molecule has 0 saturated heterocycles. The van der Waals surface area contributed by atoms with Crippen molar-refractivity contribution in [3.8, 4) is 22.3 Å². The molecule has 1 heterocycles. The molecule has 0 amide bonds. The average Bonchev–Trinajstić information content (AvgIpc) is 3.54. The minimum atomic E-state index is -0.307. The normalized spacial score (nSPS) is 14.4. The first-order chi connectivity index (χ1) is 30.3. The van der Waals surface area contributed by atoms with Crippen LogP contribution in [0.15, 0.2) is 206 Å². The Kier molecular flexibility index (Phi) is 7.96. The molecule has 0 aromatic heterocycles. The molecule has 2 heteroatoms. The van der Waals surface area contributed by atoms with Gasteiger partial charge < -0.3 is 9.80 Å². The molecule has 0 N–H and O–H groups in total. The van der Waals surface area contributed by atoms with Gasteiger partial charge in [0, 0.05) is 38.5 Å². The Morgan fingerprint density at radius 1 is 0.355 bits per heavy atom. The third kappa shape index (κ3) is 5.36. The van der Waals surface area contributed by atoms with Gasteiger partial charge in [0.25, 0.3) is 0 Å². The van der Waals surface area contributed by atoms with E-state index >= 15 is 0 Å². The topological polar surface area (TPSA) is 6.48 Å². The predicted octanol–water partition coefficient (Wildman–Crippen LogP) is 16.7. The van der Waals surface area contributed by atoms with Crippen molar-refractivity contribution in [1.29, 1.82) is 0 Å². The molecule has 2 aliphatic rings. The van der Waals surface area contributed by atoms with Gasteiger partial charge in [-0.15, -0.1) is 0 Å². The van der Waals surface area contributed by atoms with E-state index in [9.17, 15) is 0 Å². The Bertz CT molecular complexity index is 3440. The third-order valence-corrected chi connectivity index (χ3v) is 14.0. The van der Waals surface area contributed by atoms with Crippen molar-refractivity contribution in [1.82, 2.24) is 0 Å². The molecule has 1 aliphatic carbocycles. The van der Waals surface area contributed by atoms with Crippen LogP contribution in [0.2, 0.25) is 0 Å². The Hall–Kier alpha value is -7.42. The minimum absolute atomic E-state index is 0.129. The van der Waals surface area contributed by atoms with Gasteiger partial charge in [-0.3, -0.25) is 0 Å². The monoisotopic (exact) mass is 794 g/mol. The van der Waals surface area contributed by atoms with Crippen LogP contribution in [0.1, 0.15) is 49.9 Å². The van der Waals surface area contributed by atoms with Crippen LogP contribution >= 0.6 is 0 Å². The molecule has 10 aromatic carbocycles. The SMILES string of the molecule is CC1(C)c2ccccc2-c2ccc(N(c3ccc4c(c3)C(C)(C)c3ccccc3N4c3c(-c4ccc5ccccc5c4)ccc4ccccc34)c3cccc4ccccc34)cc21. The van der Waals surface area contributed by atoms with Crippen molar-refractivity contribution in [3.05, 3.63) is 229 Å². The van der Waals surface area contributed by atoms with Crippen molar-refractivity contribution in [3.63, 3.8) is 0 Å². The van der Waals surface area contributed by atoms with Crippen molar-refractivity contribution in [2.45, 2.75) is 38.5 Å². The van der Waals surface area contributed by atoms with Gasteiger partial charge in [0.05, 0.1) is 22.7 Å². The molecule has 62 heavy (non-hydrogen) atoms. The number of nitrogens with zero attached hydrogens (tertiary/aromatic N) is 2. The van der Waals surface area contributed by atoms with Crippen LogP contribution in [0.4, 0.5) is 34.1 Å². The number of hydrogen-bond donors (Lipinski definition) is 0. The summed E-state index contributed by atoms with van der Waals surface area (Å²) in [6, 6.07) is 76.9. The lowest BCUT2D eigenvalue weighted by Crippen LogP contribution is -2.31. The number of benzene rings is 10. The maximum Gasteiger partial charge on any atom is 0.0618 e. The second-order valence-electron chi connectivity index (χ2n) is 18.2. The standard InChI is InChI=1S/C60H46N2/c1-59(2)51-24-12-11-23-49(51)50-34-31-44(37-53(50)59)61(55-27-15-20-40-17-7-9-21-46(40)55)45-32-35-57-54(38-45)60(3,4)52-25-13-14-26-56(52)62(57)58-47-22-10-8-18-41(47)30-33-48(58)43-29-28-39-16-5-6-19-42(39)36-43/h5-38H,1-4H3. The summed E-state index contributed by atoms with van der Waals surface area (Å²) in [6.45, 7) is 9.54. The molecule has 12 rings (SSSR count). The molecule has 0 atom stereocenters. The lowest BCUT2D eigenvalue weighted by molar-refractivity contribution is 0.632. The zero-order chi connectivity index (χ0) is 41.7. The average molecular weight is 795 g/mol. The fourth-order valence-electron chi connectivity index (χ4n) is 10.8. The lowest BCUT2D eigenvalue weighted by Gasteiger charge is -2.43. The van der Waals surface area contributed by atoms with Gasteiger partial charge in [0.2, 0.25) is 0 Å². The maximum atomic E-state index is 2.56. The van der Waals surface area contributed by atoms with Gasteiger partial charge >= 0.3 is 0 Å². The van der Waals surface area contributed by atoms with Crippen LogP contribution in [-0.2, 0) is 10.8 Å². The molecule has 0 bridgehead atoms. The van der Waals surface area contributed by atoms with Gasteiger partial charge in [-0.05, 0) is 109 Å². The first-order valence-electron chi connectivity index (χ1n) is 21.8. The van der Waals surface area contributed by atoms with E-state index in [1.54, 1.807) is 0 Å². The van der Waals surface area contributed by atoms with E-state index in [1.165, 1.54) is 93.9 Å². The summed E-state index contributed by atoms with van der Waals surface area (Å²) in [5.41, 5.74) is 17.0. The molecule has 2 nitrogen and oxygen atoms in total. The summed E-state index contributed by atoms with van der Waals surface area (Å²) in [7, 11) is 0. The van der Waals surface area contributed by atoms with Gasteiger partial charge in [0.15, 0.2) is 0 Å². The predicted molar refractivity (Wildman–Crippen MR) is 263 cm³/mol. The Morgan fingerprint density at radius 3 is 1.73 bits per heavy atom. The minimum Gasteiger partial charge on any atom is -0.310 e. The van der Waals surface area contributed by atoms with Gasteiger partial charge in [-0.2, -0.15) is 0 Å². The summed E-state index contributed by atoms with van der Waals surface area (Å²) in [6.07, 6.45) is 0. The number of hydrogen-bond acceptors (Lipinski definition) is 2. The highest BCUT2D eigenvalue weighted by Gasteiger charge is 2.40. The fourth-order valence-corrected chi connectivity index (χ4v) is 10.8. The summed E-state index contributed by atoms with van der Waals surface area (Å²) in [5.74, 6) is 0. The van der Waals surface area contributed by atoms with E-state index in [-0.39, 0.29) is 10.8 Å². The molecule has 1 aliphatic heterocycles. The molecule has 10 aromatic rings. The Labute approximate surface area is 364 Å². The first-order valence-corrected chi connectivity index (χ1v) is 21.8. The quantitative estimate of drug-likeness (QED) is 0.171. The van der Waals surface area contributed by atoms with E-state index in [1.807, 2.05) is 0 Å². The van der Waals surface area contributed by atoms with E-state index in [0.717, 1.165) is 17.1 Å². The second kappa shape index (κ2) is 13.5. The number of fused-ring (bicyclic) bond motifs is 8. The molecule has 0 fully saturated rings. The maximum absolute atomic E-state index is 2.56. The molecular formula is C60H46N2. The van der Waals surface area contributed by atoms with E-state index in [4.69, 9.17) is 0 Å². The van der Waals surface area contributed by atoms with Gasteiger partial charge in [-0.25, -0.2) is 0 Å². The first kappa shape index (κ1) is 36.4. The summed E-state index contributed by atoms with van der Waals surface area (Å²) in [4.78, 5) is 5.06. The third-order valence-electron chi connectivity index (χ3n) is 14.0. The highest BCUT2D eigenvalue weighted by atomic mass is 15.2. The highest BCUT2D eigenvalue weighted by Crippen LogP contribution is 2.57. The number of anilines is 6. The summed E-state index contributed by atoms with van der Waals surface area (Å²) < 4.78 is 0. The van der Waals surface area contributed by atoms with Crippen LogP contribution in [0.5, 0.6) is 0 Å². The second-order valence-corrected chi connectivity index (χ2v) is 18.2. The Morgan fingerprint density at radius 2 is 0.903 bits per heavy atom. The fraction of sp³-hybridized carbons (Fsp3) is 0.100. The largest absolute Gasteiger partial charge is 0.310 e. The molecular weight excluding hydrogens is 749 g/mol.